The molecule has 1 N–H and O–H groups in total. The lowest BCUT2D eigenvalue weighted by Gasteiger charge is -2.32. The van der Waals surface area contributed by atoms with Crippen molar-refractivity contribution < 1.29 is 14.3 Å². The van der Waals surface area contributed by atoms with E-state index in [4.69, 9.17) is 16.3 Å². The highest BCUT2D eigenvalue weighted by Gasteiger charge is 2.30. The number of aromatic nitrogens is 1. The van der Waals surface area contributed by atoms with Crippen molar-refractivity contribution in [2.24, 2.45) is 11.8 Å². The van der Waals surface area contributed by atoms with Gasteiger partial charge in [-0.1, -0.05) is 55.8 Å². The molecule has 1 aromatic heterocycles. The van der Waals surface area contributed by atoms with Crippen LogP contribution in [0, 0.1) is 11.8 Å². The molecule has 0 aliphatic carbocycles. The fourth-order valence-corrected chi connectivity index (χ4v) is 3.84. The van der Waals surface area contributed by atoms with Gasteiger partial charge in [0, 0.05) is 25.2 Å². The quantitative estimate of drug-likeness (QED) is 0.618. The molecular weight excluding hydrogens is 414 g/mol. The van der Waals surface area contributed by atoms with Gasteiger partial charge in [0.1, 0.15) is 18.5 Å². The highest BCUT2D eigenvalue weighted by molar-refractivity contribution is 6.30. The number of amides is 1. The topological polar surface area (TPSA) is 71.5 Å². The van der Waals surface area contributed by atoms with Crippen LogP contribution in [0.5, 0.6) is 0 Å². The second-order valence-electron chi connectivity index (χ2n) is 8.38. The average molecular weight is 444 g/mol. The van der Waals surface area contributed by atoms with E-state index in [1.807, 2.05) is 56.3 Å². The van der Waals surface area contributed by atoms with E-state index in [1.54, 1.807) is 6.20 Å². The number of anilines is 1. The highest BCUT2D eigenvalue weighted by Crippen LogP contribution is 2.23. The van der Waals surface area contributed by atoms with Crippen LogP contribution in [0.25, 0.3) is 0 Å². The molecule has 2 aromatic rings. The van der Waals surface area contributed by atoms with E-state index in [2.05, 4.69) is 15.2 Å². The van der Waals surface area contributed by atoms with Gasteiger partial charge in [-0.2, -0.15) is 0 Å². The molecule has 1 atom stereocenters. The first-order valence-electron chi connectivity index (χ1n) is 10.8. The monoisotopic (exact) mass is 443 g/mol. The number of hydrogen-bond acceptors (Lipinski definition) is 5. The molecule has 7 heteroatoms. The predicted molar refractivity (Wildman–Crippen MR) is 122 cm³/mol. The number of nitrogens with one attached hydrogen (secondary N) is 1. The molecule has 0 spiro atoms. The third kappa shape index (κ3) is 6.96. The molecule has 166 valence electrons. The summed E-state index contributed by atoms with van der Waals surface area (Å²) >= 11 is 5.91. The molecule has 3 rings (SSSR count). The summed E-state index contributed by atoms with van der Waals surface area (Å²) in [7, 11) is 0. The van der Waals surface area contributed by atoms with Crippen LogP contribution in [0.3, 0.4) is 0 Å². The van der Waals surface area contributed by atoms with Crippen LogP contribution < -0.4 is 10.2 Å². The Bertz CT molecular complexity index is 850. The Labute approximate surface area is 188 Å². The molecule has 1 aromatic carbocycles. The standard InChI is InChI=1S/C24H30ClN3O3/c1-17(2)14-21(24(30)31-16-18-6-4-3-5-7-18)27-23(29)19-10-12-28(13-11-19)22-9-8-20(25)15-26-22/h3-9,15,17,19,21H,10-14,16H2,1-2H3,(H,27,29)/t21-/m0/s1. The number of pyridine rings is 1. The smallest absolute Gasteiger partial charge is 0.328 e. The number of halogens is 1. The van der Waals surface area contributed by atoms with Gasteiger partial charge in [0.25, 0.3) is 0 Å². The van der Waals surface area contributed by atoms with Crippen molar-refractivity contribution in [2.75, 3.05) is 18.0 Å². The number of carbonyl (C=O) groups excluding carboxylic acids is 2. The number of piperidine rings is 1. The first-order valence-corrected chi connectivity index (χ1v) is 11.2. The third-order valence-electron chi connectivity index (χ3n) is 5.43. The number of esters is 1. The Balaban J connectivity index is 1.52. The van der Waals surface area contributed by atoms with Crippen molar-refractivity contribution in [1.29, 1.82) is 0 Å². The van der Waals surface area contributed by atoms with Gasteiger partial charge in [-0.05, 0) is 42.9 Å². The maximum atomic E-state index is 12.9. The van der Waals surface area contributed by atoms with Crippen LogP contribution in [-0.2, 0) is 20.9 Å². The molecule has 1 aliphatic heterocycles. The SMILES string of the molecule is CC(C)C[C@H](NC(=O)C1CCN(c2ccc(Cl)cn2)CC1)C(=O)OCc1ccccc1. The zero-order valence-electron chi connectivity index (χ0n) is 18.1. The van der Waals surface area contributed by atoms with Crippen molar-refractivity contribution in [3.05, 3.63) is 59.2 Å². The molecule has 1 aliphatic rings. The van der Waals surface area contributed by atoms with Gasteiger partial charge in [-0.15, -0.1) is 0 Å². The molecule has 0 unspecified atom stereocenters. The van der Waals surface area contributed by atoms with Crippen molar-refractivity contribution in [1.82, 2.24) is 10.3 Å². The van der Waals surface area contributed by atoms with Crippen LogP contribution in [0.1, 0.15) is 38.7 Å². The summed E-state index contributed by atoms with van der Waals surface area (Å²) in [6.45, 7) is 5.74. The molecule has 1 saturated heterocycles. The summed E-state index contributed by atoms with van der Waals surface area (Å²) in [4.78, 5) is 32.1. The normalized spacial score (nSPS) is 15.5. The summed E-state index contributed by atoms with van der Waals surface area (Å²) in [5.41, 5.74) is 0.925. The maximum absolute atomic E-state index is 12.9. The Morgan fingerprint density at radius 2 is 1.87 bits per heavy atom. The van der Waals surface area contributed by atoms with Crippen LogP contribution in [-0.4, -0.2) is 36.0 Å². The van der Waals surface area contributed by atoms with Crippen LogP contribution in [0.2, 0.25) is 5.02 Å². The zero-order chi connectivity index (χ0) is 22.2. The second-order valence-corrected chi connectivity index (χ2v) is 8.82. The van der Waals surface area contributed by atoms with Gasteiger partial charge < -0.3 is 15.0 Å². The molecule has 6 nitrogen and oxygen atoms in total. The lowest BCUT2D eigenvalue weighted by Crippen LogP contribution is -2.47. The van der Waals surface area contributed by atoms with Gasteiger partial charge in [0.05, 0.1) is 5.02 Å². The van der Waals surface area contributed by atoms with Crippen LogP contribution in [0.15, 0.2) is 48.7 Å². The molecule has 0 radical (unpaired) electrons. The molecule has 0 bridgehead atoms. The number of hydrogen-bond donors (Lipinski definition) is 1. The average Bonchev–Trinajstić information content (AvgIpc) is 2.78. The number of nitrogens with zero attached hydrogens (tertiary/aromatic N) is 2. The Morgan fingerprint density at radius 1 is 1.16 bits per heavy atom. The molecule has 1 fully saturated rings. The lowest BCUT2D eigenvalue weighted by molar-refractivity contribution is -0.150. The van der Waals surface area contributed by atoms with Crippen molar-refractivity contribution in [3.63, 3.8) is 0 Å². The summed E-state index contributed by atoms with van der Waals surface area (Å²) in [5, 5.41) is 3.56. The van der Waals surface area contributed by atoms with Crippen molar-refractivity contribution in [3.8, 4) is 0 Å². The maximum Gasteiger partial charge on any atom is 0.328 e. The fraction of sp³-hybridized carbons (Fsp3) is 0.458. The molecule has 31 heavy (non-hydrogen) atoms. The summed E-state index contributed by atoms with van der Waals surface area (Å²) < 4.78 is 5.48. The number of ether oxygens (including phenoxy) is 1. The minimum atomic E-state index is -0.632. The second kappa shape index (κ2) is 11.1. The summed E-state index contributed by atoms with van der Waals surface area (Å²) in [5.74, 6) is 0.540. The van der Waals surface area contributed by atoms with Gasteiger partial charge in [0.2, 0.25) is 5.91 Å². The lowest BCUT2D eigenvalue weighted by atomic mass is 9.94. The van der Waals surface area contributed by atoms with Gasteiger partial charge in [0.15, 0.2) is 0 Å². The first-order chi connectivity index (χ1) is 14.9. The number of carbonyl (C=O) groups is 2. The van der Waals surface area contributed by atoms with E-state index in [-0.39, 0.29) is 30.3 Å². The molecule has 2 heterocycles. The highest BCUT2D eigenvalue weighted by atomic mass is 35.5. The third-order valence-corrected chi connectivity index (χ3v) is 5.66. The van der Waals surface area contributed by atoms with Gasteiger partial charge in [-0.3, -0.25) is 4.79 Å². The molecular formula is C24H30ClN3O3. The molecule has 0 saturated carbocycles. The summed E-state index contributed by atoms with van der Waals surface area (Å²) in [6, 6.07) is 12.6. The van der Waals surface area contributed by atoms with Gasteiger partial charge >= 0.3 is 5.97 Å². The fourth-order valence-electron chi connectivity index (χ4n) is 3.73. The van der Waals surface area contributed by atoms with E-state index in [1.165, 1.54) is 0 Å². The minimum absolute atomic E-state index is 0.0778. The van der Waals surface area contributed by atoms with E-state index < -0.39 is 6.04 Å². The Morgan fingerprint density at radius 3 is 2.48 bits per heavy atom. The molecule has 1 amide bonds. The van der Waals surface area contributed by atoms with Crippen LogP contribution in [0.4, 0.5) is 5.82 Å². The minimum Gasteiger partial charge on any atom is -0.459 e. The van der Waals surface area contributed by atoms with Gasteiger partial charge in [-0.25, -0.2) is 9.78 Å². The van der Waals surface area contributed by atoms with Crippen LogP contribution >= 0.6 is 11.6 Å². The first kappa shape index (κ1) is 23.1. The van der Waals surface area contributed by atoms with E-state index in [9.17, 15) is 9.59 Å². The Kier molecular flexibility index (Phi) is 8.29. The largest absolute Gasteiger partial charge is 0.459 e. The number of rotatable bonds is 8. The van der Waals surface area contributed by atoms with Crippen molar-refractivity contribution >= 4 is 29.3 Å². The Hall–Kier alpha value is -2.60. The van der Waals surface area contributed by atoms with E-state index in [0.717, 1.165) is 24.5 Å². The number of benzene rings is 1. The zero-order valence-corrected chi connectivity index (χ0v) is 18.8. The van der Waals surface area contributed by atoms with Crippen molar-refractivity contribution in [2.45, 2.75) is 45.8 Å². The van der Waals surface area contributed by atoms with E-state index in [0.29, 0.717) is 24.3 Å². The van der Waals surface area contributed by atoms with E-state index >= 15 is 0 Å². The predicted octanol–water partition coefficient (Wildman–Crippen LogP) is 4.23. The summed E-state index contributed by atoms with van der Waals surface area (Å²) in [6.07, 6.45) is 3.60.